The number of aliphatic hydroxyl groups is 1. The minimum atomic E-state index is -0.411. The Hall–Kier alpha value is -2.40. The van der Waals surface area contributed by atoms with Crippen molar-refractivity contribution in [2.24, 2.45) is 0 Å². The number of nitrogens with zero attached hydrogens (tertiary/aromatic N) is 1. The molecule has 0 spiro atoms. The molecule has 0 bridgehead atoms. The Morgan fingerprint density at radius 3 is 2.33 bits per heavy atom. The van der Waals surface area contributed by atoms with Crippen LogP contribution in [0, 0.1) is 0 Å². The summed E-state index contributed by atoms with van der Waals surface area (Å²) >= 11 is 0. The number of phenols is 1. The Kier molecular flexibility index (Phi) is 5.57. The molecule has 0 saturated heterocycles. The number of nitrogens with one attached hydrogen (secondary N) is 1. The van der Waals surface area contributed by atoms with Crippen molar-refractivity contribution in [1.29, 1.82) is 0 Å². The monoisotopic (exact) mass is 328 g/mol. The van der Waals surface area contributed by atoms with Gasteiger partial charge < -0.3 is 15.5 Å². The molecular formula is C19H24N2O3. The summed E-state index contributed by atoms with van der Waals surface area (Å²) in [7, 11) is 0. The third kappa shape index (κ3) is 4.80. The smallest absolute Gasteiger partial charge is 0.270 e. The van der Waals surface area contributed by atoms with E-state index in [2.05, 4.69) is 31.1 Å². The van der Waals surface area contributed by atoms with Gasteiger partial charge >= 0.3 is 0 Å². The van der Waals surface area contributed by atoms with Gasteiger partial charge in [0.15, 0.2) is 0 Å². The number of hydrogen-bond donors (Lipinski definition) is 3. The van der Waals surface area contributed by atoms with Gasteiger partial charge in [-0.05, 0) is 41.2 Å². The lowest BCUT2D eigenvalue weighted by Gasteiger charge is -2.19. The van der Waals surface area contributed by atoms with Crippen molar-refractivity contribution in [2.75, 3.05) is 6.61 Å². The molecule has 0 radical (unpaired) electrons. The summed E-state index contributed by atoms with van der Waals surface area (Å²) in [6.07, 6.45) is 2.19. The summed E-state index contributed by atoms with van der Waals surface area (Å²) in [5.41, 5.74) is 2.28. The number of rotatable bonds is 5. The lowest BCUT2D eigenvalue weighted by atomic mass is 9.88. The minimum Gasteiger partial charge on any atom is -0.508 e. The Labute approximate surface area is 142 Å². The molecule has 0 aliphatic carbocycles. The lowest BCUT2D eigenvalue weighted by molar-refractivity contribution is 0.0911. The van der Waals surface area contributed by atoms with Crippen LogP contribution in [0.25, 0.3) is 0 Å². The topological polar surface area (TPSA) is 82.5 Å². The highest BCUT2D eigenvalue weighted by molar-refractivity contribution is 5.92. The van der Waals surface area contributed by atoms with Crippen molar-refractivity contribution in [2.45, 2.75) is 38.6 Å². The largest absolute Gasteiger partial charge is 0.508 e. The highest BCUT2D eigenvalue weighted by Gasteiger charge is 2.17. The van der Waals surface area contributed by atoms with E-state index in [1.165, 1.54) is 0 Å². The summed E-state index contributed by atoms with van der Waals surface area (Å²) in [5, 5.41) is 21.6. The molecule has 128 valence electrons. The van der Waals surface area contributed by atoms with Crippen molar-refractivity contribution >= 4 is 5.91 Å². The van der Waals surface area contributed by atoms with Crippen LogP contribution in [-0.4, -0.2) is 33.8 Å². The van der Waals surface area contributed by atoms with Gasteiger partial charge in [-0.2, -0.15) is 0 Å². The molecule has 0 fully saturated rings. The first kappa shape index (κ1) is 17.9. The molecule has 5 nitrogen and oxygen atoms in total. The Balaban J connectivity index is 2.02. The zero-order valence-electron chi connectivity index (χ0n) is 14.3. The van der Waals surface area contributed by atoms with Gasteiger partial charge in [0, 0.05) is 6.20 Å². The standard InChI is InChI=1S/C19H24N2O3/c1-19(2,3)14-6-9-17(20-11-14)18(24)21-15(12-22)10-13-4-7-16(23)8-5-13/h4-9,11,15,22-23H,10,12H2,1-3H3,(H,21,24)/t15-/m0/s1. The summed E-state index contributed by atoms with van der Waals surface area (Å²) < 4.78 is 0. The molecule has 5 heteroatoms. The van der Waals surface area contributed by atoms with Gasteiger partial charge in [0.05, 0.1) is 12.6 Å². The highest BCUT2D eigenvalue weighted by atomic mass is 16.3. The maximum absolute atomic E-state index is 12.3. The van der Waals surface area contributed by atoms with Crippen molar-refractivity contribution in [3.05, 3.63) is 59.4 Å². The molecule has 1 aromatic heterocycles. The molecule has 0 aliphatic rings. The number of phenolic OH excluding ortho intramolecular Hbond substituents is 1. The number of aromatic hydroxyl groups is 1. The number of pyridine rings is 1. The van der Waals surface area contributed by atoms with Crippen molar-refractivity contribution in [3.8, 4) is 5.75 Å². The van der Waals surface area contributed by atoms with Crippen LogP contribution in [0.2, 0.25) is 0 Å². The van der Waals surface area contributed by atoms with E-state index in [0.29, 0.717) is 12.1 Å². The summed E-state index contributed by atoms with van der Waals surface area (Å²) in [6, 6.07) is 9.88. The van der Waals surface area contributed by atoms with Crippen LogP contribution in [0.5, 0.6) is 5.75 Å². The molecule has 1 amide bonds. The molecule has 0 saturated carbocycles. The van der Waals surface area contributed by atoms with E-state index in [0.717, 1.165) is 11.1 Å². The van der Waals surface area contributed by atoms with Gasteiger partial charge in [0.2, 0.25) is 0 Å². The maximum Gasteiger partial charge on any atom is 0.270 e. The van der Waals surface area contributed by atoms with E-state index in [1.807, 2.05) is 6.07 Å². The fourth-order valence-electron chi connectivity index (χ4n) is 2.31. The Bertz CT molecular complexity index is 673. The van der Waals surface area contributed by atoms with E-state index in [9.17, 15) is 15.0 Å². The summed E-state index contributed by atoms with van der Waals surface area (Å²) in [4.78, 5) is 16.5. The quantitative estimate of drug-likeness (QED) is 0.787. The van der Waals surface area contributed by atoms with Crippen LogP contribution >= 0.6 is 0 Å². The van der Waals surface area contributed by atoms with E-state index in [1.54, 1.807) is 36.5 Å². The van der Waals surface area contributed by atoms with Crippen molar-refractivity contribution < 1.29 is 15.0 Å². The normalized spacial score (nSPS) is 12.7. The number of benzene rings is 1. The Morgan fingerprint density at radius 1 is 1.17 bits per heavy atom. The van der Waals surface area contributed by atoms with Crippen molar-refractivity contribution in [3.63, 3.8) is 0 Å². The fourth-order valence-corrected chi connectivity index (χ4v) is 2.31. The van der Waals surface area contributed by atoms with Crippen LogP contribution in [-0.2, 0) is 11.8 Å². The van der Waals surface area contributed by atoms with Gasteiger partial charge in [0.25, 0.3) is 5.91 Å². The minimum absolute atomic E-state index is 0.0193. The van der Waals surface area contributed by atoms with E-state index in [-0.39, 0.29) is 23.7 Å². The molecule has 0 aliphatic heterocycles. The fraction of sp³-hybridized carbons (Fsp3) is 0.368. The predicted molar refractivity (Wildman–Crippen MR) is 93.1 cm³/mol. The second-order valence-electron chi connectivity index (χ2n) is 6.91. The van der Waals surface area contributed by atoms with E-state index in [4.69, 9.17) is 0 Å². The number of carbonyl (C=O) groups excluding carboxylic acids is 1. The van der Waals surface area contributed by atoms with Crippen LogP contribution in [0.3, 0.4) is 0 Å². The Morgan fingerprint density at radius 2 is 1.83 bits per heavy atom. The van der Waals surface area contributed by atoms with E-state index < -0.39 is 6.04 Å². The van der Waals surface area contributed by atoms with Gasteiger partial charge in [-0.3, -0.25) is 9.78 Å². The first-order valence-electron chi connectivity index (χ1n) is 7.96. The molecule has 2 aromatic rings. The molecule has 1 atom stereocenters. The second kappa shape index (κ2) is 7.45. The molecule has 0 unspecified atom stereocenters. The average molecular weight is 328 g/mol. The van der Waals surface area contributed by atoms with Gasteiger partial charge in [-0.15, -0.1) is 0 Å². The van der Waals surface area contributed by atoms with Crippen molar-refractivity contribution in [1.82, 2.24) is 10.3 Å². The van der Waals surface area contributed by atoms with Crippen LogP contribution in [0.15, 0.2) is 42.6 Å². The third-order valence-corrected chi connectivity index (χ3v) is 3.84. The maximum atomic E-state index is 12.3. The lowest BCUT2D eigenvalue weighted by Crippen LogP contribution is -2.39. The number of hydrogen-bond acceptors (Lipinski definition) is 4. The number of aromatic nitrogens is 1. The third-order valence-electron chi connectivity index (χ3n) is 3.84. The SMILES string of the molecule is CC(C)(C)c1ccc(C(=O)N[C@H](CO)Cc2ccc(O)cc2)nc1. The first-order valence-corrected chi connectivity index (χ1v) is 7.96. The summed E-state index contributed by atoms with van der Waals surface area (Å²) in [5.74, 6) is -0.125. The molecular weight excluding hydrogens is 304 g/mol. The number of carbonyl (C=O) groups is 1. The van der Waals surface area contributed by atoms with Gasteiger partial charge in [-0.25, -0.2) is 0 Å². The van der Waals surface area contributed by atoms with Gasteiger partial charge in [0.1, 0.15) is 11.4 Å². The zero-order valence-corrected chi connectivity index (χ0v) is 14.3. The second-order valence-corrected chi connectivity index (χ2v) is 6.91. The molecule has 24 heavy (non-hydrogen) atoms. The van der Waals surface area contributed by atoms with Crippen LogP contribution in [0.1, 0.15) is 42.4 Å². The van der Waals surface area contributed by atoms with Crippen LogP contribution < -0.4 is 5.32 Å². The molecule has 3 N–H and O–H groups in total. The predicted octanol–water partition coefficient (Wildman–Crippen LogP) is 2.42. The van der Waals surface area contributed by atoms with E-state index >= 15 is 0 Å². The van der Waals surface area contributed by atoms with Crippen LogP contribution in [0.4, 0.5) is 0 Å². The average Bonchev–Trinajstić information content (AvgIpc) is 2.55. The molecule has 1 aromatic carbocycles. The first-order chi connectivity index (χ1) is 11.3. The number of aliphatic hydroxyl groups excluding tert-OH is 1. The van der Waals surface area contributed by atoms with Gasteiger partial charge in [-0.1, -0.05) is 39.0 Å². The highest BCUT2D eigenvalue weighted by Crippen LogP contribution is 2.21. The molecule has 1 heterocycles. The number of amides is 1. The summed E-state index contributed by atoms with van der Waals surface area (Å²) in [6.45, 7) is 6.09. The zero-order chi connectivity index (χ0) is 17.7. The molecule has 2 rings (SSSR count).